The van der Waals surface area contributed by atoms with E-state index >= 15 is 0 Å². The minimum Gasteiger partial charge on any atom is -0.480 e. The molecule has 1 aliphatic heterocycles. The number of rotatable bonds is 4. The number of carbonyl (C=O) groups is 1. The lowest BCUT2D eigenvalue weighted by Gasteiger charge is -2.38. The molecule has 1 unspecified atom stereocenters. The van der Waals surface area contributed by atoms with E-state index in [1.165, 1.54) is 0 Å². The third kappa shape index (κ3) is 3.38. The number of aliphatic carboxylic acids is 1. The van der Waals surface area contributed by atoms with Gasteiger partial charge in [0.15, 0.2) is 0 Å². The molecule has 110 valence electrons. The number of nitrogens with zero attached hydrogens (tertiary/aromatic N) is 2. The van der Waals surface area contributed by atoms with Gasteiger partial charge in [-0.3, -0.25) is 9.69 Å². The molecule has 1 saturated heterocycles. The smallest absolute Gasteiger partial charge is 0.325 e. The van der Waals surface area contributed by atoms with Crippen LogP contribution < -0.4 is 0 Å². The predicted octanol–water partition coefficient (Wildman–Crippen LogP) is 2.15. The Morgan fingerprint density at radius 3 is 2.35 bits per heavy atom. The van der Waals surface area contributed by atoms with Gasteiger partial charge in [-0.1, -0.05) is 29.8 Å². The van der Waals surface area contributed by atoms with Crippen LogP contribution in [0.4, 0.5) is 0 Å². The van der Waals surface area contributed by atoms with Gasteiger partial charge in [0, 0.05) is 6.04 Å². The van der Waals surface area contributed by atoms with Crippen molar-refractivity contribution in [1.29, 1.82) is 0 Å². The first kappa shape index (κ1) is 15.0. The van der Waals surface area contributed by atoms with Crippen LogP contribution in [-0.4, -0.2) is 54.1 Å². The number of likely N-dealkylation sites (N-methyl/N-ethyl adjacent to an activating group) is 1. The normalized spacial score (nSPS) is 19.2. The summed E-state index contributed by atoms with van der Waals surface area (Å²) in [6.07, 6.45) is 2.06. The van der Waals surface area contributed by atoms with E-state index in [1.54, 1.807) is 0 Å². The molecule has 0 aliphatic carbocycles. The highest BCUT2D eigenvalue weighted by atomic mass is 16.4. The zero-order valence-corrected chi connectivity index (χ0v) is 12.5. The molecule has 2 rings (SSSR count). The van der Waals surface area contributed by atoms with Gasteiger partial charge < -0.3 is 10.0 Å². The van der Waals surface area contributed by atoms with Crippen molar-refractivity contribution < 1.29 is 9.90 Å². The van der Waals surface area contributed by atoms with Crippen LogP contribution in [0.5, 0.6) is 0 Å². The second-order valence-corrected chi connectivity index (χ2v) is 5.85. The molecular formula is C16H24N2O2. The molecule has 0 amide bonds. The van der Waals surface area contributed by atoms with Gasteiger partial charge in [0.2, 0.25) is 0 Å². The molecule has 0 saturated carbocycles. The Balaban J connectivity index is 2.16. The van der Waals surface area contributed by atoms with Crippen molar-refractivity contribution in [3.63, 3.8) is 0 Å². The lowest BCUT2D eigenvalue weighted by molar-refractivity contribution is -0.144. The van der Waals surface area contributed by atoms with Crippen LogP contribution in [0.1, 0.15) is 30.0 Å². The van der Waals surface area contributed by atoms with E-state index < -0.39 is 12.0 Å². The molecule has 4 nitrogen and oxygen atoms in total. The molecule has 4 heteroatoms. The van der Waals surface area contributed by atoms with Crippen molar-refractivity contribution in [1.82, 2.24) is 9.80 Å². The molecule has 1 heterocycles. The van der Waals surface area contributed by atoms with E-state index in [9.17, 15) is 9.90 Å². The van der Waals surface area contributed by atoms with E-state index in [4.69, 9.17) is 0 Å². The summed E-state index contributed by atoms with van der Waals surface area (Å²) in [7, 11) is 4.06. The molecule has 0 aromatic heterocycles. The van der Waals surface area contributed by atoms with Gasteiger partial charge >= 0.3 is 5.97 Å². The SMILES string of the molecule is Cc1ccc(C(C(=O)O)N(C)C2CCN(C)CC2)cc1. The number of likely N-dealkylation sites (tertiary alicyclic amines) is 1. The van der Waals surface area contributed by atoms with Gasteiger partial charge in [0.05, 0.1) is 0 Å². The maximum absolute atomic E-state index is 11.7. The number of benzene rings is 1. The van der Waals surface area contributed by atoms with Crippen molar-refractivity contribution in [2.45, 2.75) is 31.8 Å². The average molecular weight is 276 g/mol. The van der Waals surface area contributed by atoms with Crippen LogP contribution in [0.3, 0.4) is 0 Å². The third-order valence-electron chi connectivity index (χ3n) is 4.30. The summed E-state index contributed by atoms with van der Waals surface area (Å²) in [6.45, 7) is 4.09. The lowest BCUT2D eigenvalue weighted by atomic mass is 9.98. The molecule has 20 heavy (non-hydrogen) atoms. The predicted molar refractivity (Wildman–Crippen MR) is 79.8 cm³/mol. The third-order valence-corrected chi connectivity index (χ3v) is 4.30. The van der Waals surface area contributed by atoms with Crippen molar-refractivity contribution in [3.05, 3.63) is 35.4 Å². The molecule has 1 N–H and O–H groups in total. The topological polar surface area (TPSA) is 43.8 Å². The zero-order chi connectivity index (χ0) is 14.7. The fraction of sp³-hybridized carbons (Fsp3) is 0.562. The fourth-order valence-corrected chi connectivity index (χ4v) is 2.91. The largest absolute Gasteiger partial charge is 0.480 e. The summed E-state index contributed by atoms with van der Waals surface area (Å²) in [6, 6.07) is 7.61. The summed E-state index contributed by atoms with van der Waals surface area (Å²) in [5.74, 6) is -0.768. The summed E-state index contributed by atoms with van der Waals surface area (Å²) in [5, 5.41) is 9.60. The first-order valence-electron chi connectivity index (χ1n) is 7.19. The number of hydrogen-bond acceptors (Lipinski definition) is 3. The van der Waals surface area contributed by atoms with E-state index in [-0.39, 0.29) is 0 Å². The summed E-state index contributed by atoms with van der Waals surface area (Å²) >= 11 is 0. The Hall–Kier alpha value is -1.39. The highest BCUT2D eigenvalue weighted by Crippen LogP contribution is 2.26. The minimum atomic E-state index is -0.768. The standard InChI is InChI=1S/C16H24N2O2/c1-12-4-6-13(7-5-12)15(16(19)20)18(3)14-8-10-17(2)11-9-14/h4-7,14-15H,8-11H2,1-3H3,(H,19,20). The Bertz CT molecular complexity index is 450. The second kappa shape index (κ2) is 6.37. The van der Waals surface area contributed by atoms with Gasteiger partial charge in [0.1, 0.15) is 6.04 Å². The van der Waals surface area contributed by atoms with E-state index in [1.807, 2.05) is 43.1 Å². The van der Waals surface area contributed by atoms with Crippen molar-refractivity contribution >= 4 is 5.97 Å². The Labute approximate surface area is 121 Å². The quantitative estimate of drug-likeness (QED) is 0.915. The Morgan fingerprint density at radius 2 is 1.85 bits per heavy atom. The molecule has 0 spiro atoms. The summed E-state index contributed by atoms with van der Waals surface area (Å²) in [5.41, 5.74) is 2.02. The van der Waals surface area contributed by atoms with Crippen LogP contribution in [0.15, 0.2) is 24.3 Å². The van der Waals surface area contributed by atoms with Gasteiger partial charge in [-0.15, -0.1) is 0 Å². The van der Waals surface area contributed by atoms with E-state index in [0.29, 0.717) is 6.04 Å². The number of carboxylic acids is 1. The fourth-order valence-electron chi connectivity index (χ4n) is 2.91. The van der Waals surface area contributed by atoms with Crippen LogP contribution in [0.25, 0.3) is 0 Å². The van der Waals surface area contributed by atoms with Crippen molar-refractivity contribution in [2.75, 3.05) is 27.2 Å². The molecule has 0 bridgehead atoms. The highest BCUT2D eigenvalue weighted by molar-refractivity contribution is 5.75. The van der Waals surface area contributed by atoms with Gasteiger partial charge in [-0.2, -0.15) is 0 Å². The van der Waals surface area contributed by atoms with Crippen LogP contribution >= 0.6 is 0 Å². The molecular weight excluding hydrogens is 252 g/mol. The Kier molecular flexibility index (Phi) is 4.78. The average Bonchev–Trinajstić information content (AvgIpc) is 2.41. The molecule has 1 fully saturated rings. The second-order valence-electron chi connectivity index (χ2n) is 5.85. The molecule has 1 aliphatic rings. The monoisotopic (exact) mass is 276 g/mol. The maximum atomic E-state index is 11.7. The van der Waals surface area contributed by atoms with Crippen LogP contribution in [-0.2, 0) is 4.79 Å². The van der Waals surface area contributed by atoms with Crippen molar-refractivity contribution in [3.8, 4) is 0 Å². The maximum Gasteiger partial charge on any atom is 0.325 e. The first-order valence-corrected chi connectivity index (χ1v) is 7.19. The molecule has 1 aromatic carbocycles. The Morgan fingerprint density at radius 1 is 1.30 bits per heavy atom. The first-order chi connectivity index (χ1) is 9.49. The molecule has 1 atom stereocenters. The number of hydrogen-bond donors (Lipinski definition) is 1. The number of aryl methyl sites for hydroxylation is 1. The van der Waals surface area contributed by atoms with Gasteiger partial charge in [0.25, 0.3) is 0 Å². The van der Waals surface area contributed by atoms with Crippen LogP contribution in [0, 0.1) is 6.92 Å². The van der Waals surface area contributed by atoms with Crippen molar-refractivity contribution in [2.24, 2.45) is 0 Å². The van der Waals surface area contributed by atoms with E-state index in [0.717, 1.165) is 37.1 Å². The summed E-state index contributed by atoms with van der Waals surface area (Å²) < 4.78 is 0. The number of piperidine rings is 1. The molecule has 0 radical (unpaired) electrons. The lowest BCUT2D eigenvalue weighted by Crippen LogP contribution is -2.45. The number of carboxylic acid groups (broad SMARTS) is 1. The minimum absolute atomic E-state index is 0.341. The van der Waals surface area contributed by atoms with Gasteiger partial charge in [-0.25, -0.2) is 0 Å². The summed E-state index contributed by atoms with van der Waals surface area (Å²) in [4.78, 5) is 16.0. The zero-order valence-electron chi connectivity index (χ0n) is 12.5. The van der Waals surface area contributed by atoms with E-state index in [2.05, 4.69) is 11.9 Å². The highest BCUT2D eigenvalue weighted by Gasteiger charge is 2.31. The molecule has 1 aromatic rings. The van der Waals surface area contributed by atoms with Crippen LogP contribution in [0.2, 0.25) is 0 Å². The van der Waals surface area contributed by atoms with Gasteiger partial charge in [-0.05, 0) is 52.5 Å².